The van der Waals surface area contributed by atoms with Crippen molar-refractivity contribution in [1.82, 2.24) is 10.2 Å². The van der Waals surface area contributed by atoms with Crippen LogP contribution in [0.3, 0.4) is 0 Å². The lowest BCUT2D eigenvalue weighted by atomic mass is 9.93. The van der Waals surface area contributed by atoms with Gasteiger partial charge in [0.05, 0.1) is 0 Å². The molecule has 1 N–H and O–H groups in total. The van der Waals surface area contributed by atoms with Crippen molar-refractivity contribution in [3.63, 3.8) is 0 Å². The molecule has 0 aliphatic carbocycles. The normalized spacial score (nSPS) is 23.3. The van der Waals surface area contributed by atoms with Gasteiger partial charge in [-0.25, -0.2) is 0 Å². The highest BCUT2D eigenvalue weighted by Crippen LogP contribution is 2.27. The van der Waals surface area contributed by atoms with Crippen LogP contribution in [0.15, 0.2) is 48.7 Å². The first-order valence-electron chi connectivity index (χ1n) is 7.73. The van der Waals surface area contributed by atoms with E-state index in [9.17, 15) is 0 Å². The molecule has 0 spiro atoms. The summed E-state index contributed by atoms with van der Waals surface area (Å²) < 4.78 is 0. The molecule has 1 saturated heterocycles. The Kier molecular flexibility index (Phi) is 4.22. The third-order valence-electron chi connectivity index (χ3n) is 4.53. The van der Waals surface area contributed by atoms with Crippen LogP contribution in [-0.2, 0) is 0 Å². The minimum absolute atomic E-state index is 0.635. The van der Waals surface area contributed by atoms with Crippen LogP contribution in [0.5, 0.6) is 0 Å². The zero-order valence-corrected chi connectivity index (χ0v) is 12.1. The molecule has 3 rings (SSSR count). The second-order valence-electron chi connectivity index (χ2n) is 5.83. The zero-order valence-electron chi connectivity index (χ0n) is 12.1. The summed E-state index contributed by atoms with van der Waals surface area (Å²) in [6.45, 7) is 8.75. The van der Waals surface area contributed by atoms with Crippen LogP contribution in [0.1, 0.15) is 24.8 Å². The Bertz CT molecular complexity index is 483. The number of rotatable bonds is 3. The Morgan fingerprint density at radius 3 is 2.75 bits per heavy atom. The standard InChI is InChI=1S/C18H24N2/c1-15(18-8-5-11-19-14-18)20-12-9-17(10-13-20)16-6-3-2-4-7-16/h2-4,6-7,9,18-19H,1,5,8,10-14H2. The maximum absolute atomic E-state index is 4.36. The Balaban J connectivity index is 1.62. The maximum atomic E-state index is 4.36. The van der Waals surface area contributed by atoms with Crippen molar-refractivity contribution >= 4 is 5.57 Å². The Morgan fingerprint density at radius 2 is 2.10 bits per heavy atom. The molecule has 0 bridgehead atoms. The summed E-state index contributed by atoms with van der Waals surface area (Å²) in [5.41, 5.74) is 4.19. The monoisotopic (exact) mass is 268 g/mol. The smallest absolute Gasteiger partial charge is 0.0362 e. The van der Waals surface area contributed by atoms with Crippen LogP contribution in [-0.4, -0.2) is 31.1 Å². The second-order valence-corrected chi connectivity index (χ2v) is 5.83. The van der Waals surface area contributed by atoms with E-state index >= 15 is 0 Å². The molecule has 1 unspecified atom stereocenters. The highest BCUT2D eigenvalue weighted by molar-refractivity contribution is 5.66. The van der Waals surface area contributed by atoms with E-state index in [1.54, 1.807) is 0 Å². The predicted octanol–water partition coefficient (Wildman–Crippen LogP) is 3.29. The Hall–Kier alpha value is -1.54. The van der Waals surface area contributed by atoms with Gasteiger partial charge in [-0.15, -0.1) is 0 Å². The van der Waals surface area contributed by atoms with E-state index in [2.05, 4.69) is 53.2 Å². The van der Waals surface area contributed by atoms with E-state index < -0.39 is 0 Å². The molecule has 2 nitrogen and oxygen atoms in total. The third-order valence-corrected chi connectivity index (χ3v) is 4.53. The lowest BCUT2D eigenvalue weighted by molar-refractivity contribution is 0.295. The Labute approximate surface area is 122 Å². The molecule has 106 valence electrons. The van der Waals surface area contributed by atoms with Crippen molar-refractivity contribution in [3.8, 4) is 0 Å². The topological polar surface area (TPSA) is 15.3 Å². The van der Waals surface area contributed by atoms with Crippen LogP contribution >= 0.6 is 0 Å². The van der Waals surface area contributed by atoms with E-state index in [0.29, 0.717) is 5.92 Å². The SMILES string of the molecule is C=C(C1CCCNC1)N1CC=C(c2ccccc2)CC1. The fourth-order valence-corrected chi connectivity index (χ4v) is 3.24. The Morgan fingerprint density at radius 1 is 1.25 bits per heavy atom. The van der Waals surface area contributed by atoms with E-state index in [1.807, 2.05) is 0 Å². The van der Waals surface area contributed by atoms with Gasteiger partial charge in [-0.3, -0.25) is 0 Å². The maximum Gasteiger partial charge on any atom is 0.0362 e. The van der Waals surface area contributed by atoms with Crippen molar-refractivity contribution in [2.45, 2.75) is 19.3 Å². The lowest BCUT2D eigenvalue weighted by Gasteiger charge is -2.35. The molecule has 1 atom stereocenters. The van der Waals surface area contributed by atoms with Gasteiger partial charge in [0.2, 0.25) is 0 Å². The summed E-state index contributed by atoms with van der Waals surface area (Å²) >= 11 is 0. The number of hydrogen-bond donors (Lipinski definition) is 1. The summed E-state index contributed by atoms with van der Waals surface area (Å²) in [5.74, 6) is 0.635. The second kappa shape index (κ2) is 6.27. The van der Waals surface area contributed by atoms with Gasteiger partial charge in [0.25, 0.3) is 0 Å². The first kappa shape index (κ1) is 13.4. The number of hydrogen-bond acceptors (Lipinski definition) is 2. The summed E-state index contributed by atoms with van der Waals surface area (Å²) in [4.78, 5) is 2.46. The molecule has 0 aromatic heterocycles. The van der Waals surface area contributed by atoms with Gasteiger partial charge >= 0.3 is 0 Å². The average Bonchev–Trinajstić information content (AvgIpc) is 2.56. The molecule has 1 fully saturated rings. The molecule has 20 heavy (non-hydrogen) atoms. The average molecular weight is 268 g/mol. The summed E-state index contributed by atoms with van der Waals surface area (Å²) in [6, 6.07) is 10.7. The molecule has 1 aromatic rings. The van der Waals surface area contributed by atoms with Crippen LogP contribution in [0.2, 0.25) is 0 Å². The number of benzene rings is 1. The van der Waals surface area contributed by atoms with Crippen molar-refractivity contribution in [3.05, 3.63) is 54.2 Å². The van der Waals surface area contributed by atoms with Crippen molar-refractivity contribution < 1.29 is 0 Å². The van der Waals surface area contributed by atoms with Crippen LogP contribution in [0.25, 0.3) is 5.57 Å². The fourth-order valence-electron chi connectivity index (χ4n) is 3.24. The van der Waals surface area contributed by atoms with Gasteiger partial charge in [-0.2, -0.15) is 0 Å². The molecular weight excluding hydrogens is 244 g/mol. The first-order chi connectivity index (χ1) is 9.84. The van der Waals surface area contributed by atoms with E-state index in [-0.39, 0.29) is 0 Å². The number of nitrogens with zero attached hydrogens (tertiary/aromatic N) is 1. The minimum atomic E-state index is 0.635. The van der Waals surface area contributed by atoms with Crippen LogP contribution < -0.4 is 5.32 Å². The van der Waals surface area contributed by atoms with E-state index in [4.69, 9.17) is 0 Å². The van der Waals surface area contributed by atoms with Crippen LogP contribution in [0.4, 0.5) is 0 Å². The lowest BCUT2D eigenvalue weighted by Crippen LogP contribution is -2.37. The first-order valence-corrected chi connectivity index (χ1v) is 7.73. The molecule has 0 saturated carbocycles. The van der Waals surface area contributed by atoms with Gasteiger partial charge in [0.1, 0.15) is 0 Å². The number of nitrogens with one attached hydrogen (secondary N) is 1. The molecule has 0 radical (unpaired) electrons. The van der Waals surface area contributed by atoms with Crippen molar-refractivity contribution in [2.24, 2.45) is 5.92 Å². The highest BCUT2D eigenvalue weighted by atomic mass is 15.1. The molecule has 2 aliphatic heterocycles. The van der Waals surface area contributed by atoms with Gasteiger partial charge in [-0.1, -0.05) is 43.0 Å². The van der Waals surface area contributed by atoms with E-state index in [0.717, 1.165) is 26.1 Å². The van der Waals surface area contributed by atoms with E-state index in [1.165, 1.54) is 36.2 Å². The van der Waals surface area contributed by atoms with Gasteiger partial charge < -0.3 is 10.2 Å². The van der Waals surface area contributed by atoms with Gasteiger partial charge in [0, 0.05) is 31.2 Å². The molecule has 1 aromatic carbocycles. The van der Waals surface area contributed by atoms with Gasteiger partial charge in [-0.05, 0) is 36.9 Å². The summed E-state index contributed by atoms with van der Waals surface area (Å²) in [7, 11) is 0. The predicted molar refractivity (Wildman–Crippen MR) is 85.3 cm³/mol. The molecule has 0 amide bonds. The third kappa shape index (κ3) is 2.96. The van der Waals surface area contributed by atoms with Gasteiger partial charge in [0.15, 0.2) is 0 Å². The fraction of sp³-hybridized carbons (Fsp3) is 0.444. The zero-order chi connectivity index (χ0) is 13.8. The number of piperidine rings is 1. The quantitative estimate of drug-likeness (QED) is 0.905. The molecule has 2 heterocycles. The molecule has 2 aliphatic rings. The highest BCUT2D eigenvalue weighted by Gasteiger charge is 2.22. The summed E-state index contributed by atoms with van der Waals surface area (Å²) in [6.07, 6.45) is 6.07. The largest absolute Gasteiger partial charge is 0.371 e. The summed E-state index contributed by atoms with van der Waals surface area (Å²) in [5, 5.41) is 3.49. The van der Waals surface area contributed by atoms with Crippen LogP contribution in [0, 0.1) is 5.92 Å². The molecule has 2 heteroatoms. The molecular formula is C18H24N2. The van der Waals surface area contributed by atoms with Crippen molar-refractivity contribution in [1.29, 1.82) is 0 Å². The minimum Gasteiger partial charge on any atom is -0.371 e. The van der Waals surface area contributed by atoms with Crippen molar-refractivity contribution in [2.75, 3.05) is 26.2 Å².